The van der Waals surface area contributed by atoms with Crippen molar-refractivity contribution in [2.45, 2.75) is 58.4 Å². The van der Waals surface area contributed by atoms with Crippen molar-refractivity contribution < 1.29 is 9.53 Å². The zero-order chi connectivity index (χ0) is 18.7. The highest BCUT2D eigenvalue weighted by atomic mass is 16.6. The molecule has 1 amide bonds. The van der Waals surface area contributed by atoms with E-state index >= 15 is 0 Å². The zero-order valence-electron chi connectivity index (χ0n) is 16.0. The van der Waals surface area contributed by atoms with Crippen molar-refractivity contribution in [3.05, 3.63) is 35.2 Å². The van der Waals surface area contributed by atoms with E-state index in [2.05, 4.69) is 41.5 Å². The van der Waals surface area contributed by atoms with E-state index in [9.17, 15) is 4.79 Å². The third-order valence-corrected chi connectivity index (χ3v) is 5.40. The summed E-state index contributed by atoms with van der Waals surface area (Å²) in [4.78, 5) is 14.3. The van der Waals surface area contributed by atoms with Crippen LogP contribution in [-0.2, 0) is 10.3 Å². The van der Waals surface area contributed by atoms with Crippen LogP contribution in [0.15, 0.2) is 18.2 Å². The van der Waals surface area contributed by atoms with E-state index < -0.39 is 5.54 Å². The molecule has 1 aromatic carbocycles. The molecular formula is C19H27N5O2. The molecule has 1 aliphatic carbocycles. The van der Waals surface area contributed by atoms with Gasteiger partial charge in [-0.05, 0) is 55.2 Å². The maximum Gasteiger partial charge on any atom is 0.410 e. The van der Waals surface area contributed by atoms with Gasteiger partial charge >= 0.3 is 6.09 Å². The van der Waals surface area contributed by atoms with Crippen LogP contribution in [-0.4, -0.2) is 44.9 Å². The van der Waals surface area contributed by atoms with E-state index in [-0.39, 0.29) is 6.09 Å². The lowest BCUT2D eigenvalue weighted by atomic mass is 9.79. The van der Waals surface area contributed by atoms with Crippen LogP contribution in [0.3, 0.4) is 0 Å². The van der Waals surface area contributed by atoms with Gasteiger partial charge in [0, 0.05) is 7.05 Å². The summed E-state index contributed by atoms with van der Waals surface area (Å²) in [6.07, 6.45) is 4.54. The Kier molecular flexibility index (Phi) is 5.25. The van der Waals surface area contributed by atoms with Crippen molar-refractivity contribution in [2.75, 3.05) is 13.7 Å². The van der Waals surface area contributed by atoms with Crippen molar-refractivity contribution in [3.63, 3.8) is 0 Å². The topological polar surface area (TPSA) is 73.1 Å². The van der Waals surface area contributed by atoms with Crippen LogP contribution in [0, 0.1) is 13.8 Å². The standard InChI is InChI=1S/C19H27N5O2/c1-5-26-18(25)23(4)19(12-7-6-8-13-19)17-20-21-22-24(17)16-14(2)10-9-11-15(16)3/h9-11H,5-8,12-13H2,1-4H3. The normalized spacial score (nSPS) is 16.3. The largest absolute Gasteiger partial charge is 0.450 e. The average molecular weight is 357 g/mol. The van der Waals surface area contributed by atoms with Crippen molar-refractivity contribution in [2.24, 2.45) is 0 Å². The number of rotatable bonds is 4. The molecule has 1 aromatic heterocycles. The third kappa shape index (κ3) is 3.06. The molecule has 3 rings (SSSR count). The minimum Gasteiger partial charge on any atom is -0.450 e. The summed E-state index contributed by atoms with van der Waals surface area (Å²) in [7, 11) is 1.80. The number of benzene rings is 1. The molecule has 26 heavy (non-hydrogen) atoms. The Hall–Kier alpha value is -2.44. The van der Waals surface area contributed by atoms with Crippen LogP contribution in [0.2, 0.25) is 0 Å². The van der Waals surface area contributed by atoms with E-state index in [1.807, 2.05) is 17.7 Å². The molecular weight excluding hydrogens is 330 g/mol. The molecule has 0 unspecified atom stereocenters. The lowest BCUT2D eigenvalue weighted by Crippen LogP contribution is -2.50. The summed E-state index contributed by atoms with van der Waals surface area (Å²) >= 11 is 0. The van der Waals surface area contributed by atoms with Crippen LogP contribution < -0.4 is 0 Å². The quantitative estimate of drug-likeness (QED) is 0.837. The Morgan fingerprint density at radius 3 is 2.50 bits per heavy atom. The highest BCUT2D eigenvalue weighted by molar-refractivity contribution is 5.68. The fourth-order valence-corrected chi connectivity index (χ4v) is 4.01. The van der Waals surface area contributed by atoms with Crippen LogP contribution in [0.1, 0.15) is 56.0 Å². The Morgan fingerprint density at radius 2 is 1.88 bits per heavy atom. The molecule has 0 bridgehead atoms. The SMILES string of the molecule is CCOC(=O)N(C)C1(c2nnnn2-c2c(C)cccc2C)CCCCC1. The van der Waals surface area contributed by atoms with Gasteiger partial charge in [0.25, 0.3) is 0 Å². The number of ether oxygens (including phenoxy) is 1. The molecule has 1 aliphatic rings. The van der Waals surface area contributed by atoms with Gasteiger partial charge in [-0.1, -0.05) is 37.5 Å². The van der Waals surface area contributed by atoms with Gasteiger partial charge in [0.1, 0.15) is 5.54 Å². The third-order valence-electron chi connectivity index (χ3n) is 5.40. The number of amides is 1. The van der Waals surface area contributed by atoms with E-state index in [0.29, 0.717) is 12.4 Å². The molecule has 1 fully saturated rings. The van der Waals surface area contributed by atoms with Crippen molar-refractivity contribution in [3.8, 4) is 5.69 Å². The lowest BCUT2D eigenvalue weighted by Gasteiger charge is -2.42. The van der Waals surface area contributed by atoms with E-state index in [1.165, 1.54) is 0 Å². The molecule has 7 heteroatoms. The number of aryl methyl sites for hydroxylation is 2. The average Bonchev–Trinajstić information content (AvgIpc) is 3.11. The first kappa shape index (κ1) is 18.4. The van der Waals surface area contributed by atoms with Gasteiger partial charge in [0.2, 0.25) is 0 Å². The number of nitrogens with zero attached hydrogens (tertiary/aromatic N) is 5. The second-order valence-corrected chi connectivity index (χ2v) is 7.00. The Morgan fingerprint density at radius 1 is 1.23 bits per heavy atom. The number of tetrazole rings is 1. The first-order valence-electron chi connectivity index (χ1n) is 9.27. The lowest BCUT2D eigenvalue weighted by molar-refractivity contribution is 0.0390. The number of para-hydroxylation sites is 1. The highest BCUT2D eigenvalue weighted by Crippen LogP contribution is 2.41. The molecule has 0 atom stereocenters. The molecule has 0 radical (unpaired) electrons. The second-order valence-electron chi connectivity index (χ2n) is 7.00. The Labute approximate surface area is 154 Å². The predicted octanol–water partition coefficient (Wildman–Crippen LogP) is 3.53. The monoisotopic (exact) mass is 357 g/mol. The summed E-state index contributed by atoms with van der Waals surface area (Å²) in [6, 6.07) is 6.13. The van der Waals surface area contributed by atoms with E-state index in [1.54, 1.807) is 11.9 Å². The molecule has 0 spiro atoms. The first-order chi connectivity index (χ1) is 12.5. The van der Waals surface area contributed by atoms with Gasteiger partial charge in [-0.3, -0.25) is 4.90 Å². The van der Waals surface area contributed by atoms with E-state index in [4.69, 9.17) is 4.74 Å². The zero-order valence-corrected chi connectivity index (χ0v) is 16.0. The summed E-state index contributed by atoms with van der Waals surface area (Å²) in [5.41, 5.74) is 2.63. The number of hydrogen-bond acceptors (Lipinski definition) is 5. The first-order valence-corrected chi connectivity index (χ1v) is 9.27. The maximum absolute atomic E-state index is 12.6. The minimum absolute atomic E-state index is 0.328. The summed E-state index contributed by atoms with van der Waals surface area (Å²) in [6.45, 7) is 6.27. The van der Waals surface area contributed by atoms with Gasteiger partial charge in [0.15, 0.2) is 5.82 Å². The number of carbonyl (C=O) groups is 1. The van der Waals surface area contributed by atoms with Gasteiger partial charge in [0.05, 0.1) is 12.3 Å². The van der Waals surface area contributed by atoms with Crippen molar-refractivity contribution in [1.29, 1.82) is 0 Å². The van der Waals surface area contributed by atoms with Crippen LogP contribution in [0.25, 0.3) is 5.69 Å². The van der Waals surface area contributed by atoms with Gasteiger partial charge in [-0.2, -0.15) is 4.68 Å². The Bertz CT molecular complexity index is 760. The van der Waals surface area contributed by atoms with Gasteiger partial charge in [-0.25, -0.2) is 4.79 Å². The van der Waals surface area contributed by atoms with Crippen LogP contribution in [0.5, 0.6) is 0 Å². The van der Waals surface area contributed by atoms with Crippen molar-refractivity contribution in [1.82, 2.24) is 25.1 Å². The second kappa shape index (κ2) is 7.43. The molecule has 0 saturated heterocycles. The van der Waals surface area contributed by atoms with Crippen LogP contribution >= 0.6 is 0 Å². The molecule has 7 nitrogen and oxygen atoms in total. The summed E-state index contributed by atoms with van der Waals surface area (Å²) in [5, 5.41) is 12.7. The Balaban J connectivity index is 2.13. The molecule has 1 saturated carbocycles. The fourth-order valence-electron chi connectivity index (χ4n) is 4.01. The fraction of sp³-hybridized carbons (Fsp3) is 0.579. The molecule has 1 heterocycles. The molecule has 0 N–H and O–H groups in total. The van der Waals surface area contributed by atoms with Gasteiger partial charge < -0.3 is 4.74 Å². The minimum atomic E-state index is -0.553. The smallest absolute Gasteiger partial charge is 0.410 e. The predicted molar refractivity (Wildman–Crippen MR) is 98.2 cm³/mol. The van der Waals surface area contributed by atoms with Gasteiger partial charge in [-0.15, -0.1) is 5.10 Å². The number of aromatic nitrogens is 4. The highest BCUT2D eigenvalue weighted by Gasteiger charge is 2.45. The summed E-state index contributed by atoms with van der Waals surface area (Å²) < 4.78 is 7.09. The van der Waals surface area contributed by atoms with Crippen molar-refractivity contribution >= 4 is 6.09 Å². The molecule has 140 valence electrons. The molecule has 2 aromatic rings. The maximum atomic E-state index is 12.6. The number of carbonyl (C=O) groups excluding carboxylic acids is 1. The molecule has 0 aliphatic heterocycles. The summed E-state index contributed by atoms with van der Waals surface area (Å²) in [5.74, 6) is 0.713. The number of hydrogen-bond donors (Lipinski definition) is 0. The van der Waals surface area contributed by atoms with E-state index in [0.717, 1.165) is 48.9 Å². The van der Waals surface area contributed by atoms with Crippen LogP contribution in [0.4, 0.5) is 4.79 Å².